The highest BCUT2D eigenvalue weighted by Gasteiger charge is 2.43. The molecule has 2 aromatic carbocycles. The second kappa shape index (κ2) is 13.2. The molecule has 6 N–H and O–H groups in total. The highest BCUT2D eigenvalue weighted by Crippen LogP contribution is 2.30. The van der Waals surface area contributed by atoms with Crippen LogP contribution in [0.5, 0.6) is 0 Å². The largest absolute Gasteiger partial charge is 0.443 e. The van der Waals surface area contributed by atoms with Gasteiger partial charge in [0.1, 0.15) is 12.1 Å². The molecule has 0 radical (unpaired) electrons. The van der Waals surface area contributed by atoms with E-state index in [0.29, 0.717) is 30.6 Å². The maximum absolute atomic E-state index is 13.2. The lowest BCUT2D eigenvalue weighted by Crippen LogP contribution is -2.55. The molecular weight excluding hydrogens is 516 g/mol. The molecule has 4 rings (SSSR count). The number of imide groups is 1. The van der Waals surface area contributed by atoms with Crippen LogP contribution in [0.15, 0.2) is 48.5 Å². The summed E-state index contributed by atoms with van der Waals surface area (Å²) in [7, 11) is 0. The van der Waals surface area contributed by atoms with Gasteiger partial charge in [0.25, 0.3) is 11.8 Å². The highest BCUT2D eigenvalue weighted by molar-refractivity contribution is 6.05. The van der Waals surface area contributed by atoms with Crippen LogP contribution in [0.1, 0.15) is 53.6 Å². The van der Waals surface area contributed by atoms with Gasteiger partial charge < -0.3 is 31.7 Å². The monoisotopic (exact) mass is 550 g/mol. The minimum atomic E-state index is -0.875. The number of para-hydroxylation sites is 1. The Labute approximate surface area is 232 Å². The molecular formula is C28H34N6O6. The van der Waals surface area contributed by atoms with Crippen LogP contribution in [-0.2, 0) is 32.2 Å². The van der Waals surface area contributed by atoms with E-state index in [-0.39, 0.29) is 37.9 Å². The van der Waals surface area contributed by atoms with Crippen molar-refractivity contribution in [1.82, 2.24) is 15.1 Å². The number of piperidine rings is 1. The molecule has 2 atom stereocenters. The molecule has 2 aromatic rings. The molecule has 40 heavy (non-hydrogen) atoms. The average Bonchev–Trinajstić information content (AvgIpc) is 3.27. The first kappa shape index (κ1) is 28.7. The van der Waals surface area contributed by atoms with Crippen LogP contribution < -0.4 is 22.1 Å². The fraction of sp³-hybridized carbons (Fsp3) is 0.393. The molecule has 1 saturated heterocycles. The van der Waals surface area contributed by atoms with Gasteiger partial charge in [-0.2, -0.15) is 0 Å². The first-order chi connectivity index (χ1) is 19.3. The second-order valence-electron chi connectivity index (χ2n) is 9.80. The number of nitrogens with one attached hydrogen (secondary N) is 2. The average molecular weight is 551 g/mol. The van der Waals surface area contributed by atoms with E-state index in [1.807, 2.05) is 24.3 Å². The van der Waals surface area contributed by atoms with Gasteiger partial charge in [0.05, 0.1) is 0 Å². The molecule has 12 nitrogen and oxygen atoms in total. The number of likely N-dealkylation sites (tertiary alicyclic amines) is 1. The van der Waals surface area contributed by atoms with Crippen molar-refractivity contribution in [3.05, 3.63) is 65.2 Å². The normalized spacial score (nSPS) is 17.4. The van der Waals surface area contributed by atoms with Gasteiger partial charge in [-0.15, -0.1) is 0 Å². The number of benzene rings is 2. The Balaban J connectivity index is 1.33. The summed E-state index contributed by atoms with van der Waals surface area (Å²) in [5.74, 6) is -2.09. The summed E-state index contributed by atoms with van der Waals surface area (Å²) < 4.78 is 5.16. The van der Waals surface area contributed by atoms with Crippen molar-refractivity contribution in [2.75, 3.05) is 18.6 Å². The number of hydrogen-bond acceptors (Lipinski definition) is 8. The zero-order valence-electron chi connectivity index (χ0n) is 22.1. The summed E-state index contributed by atoms with van der Waals surface area (Å²) in [6.45, 7) is 0.365. The minimum absolute atomic E-state index is 0.0301. The molecule has 0 aliphatic carbocycles. The third kappa shape index (κ3) is 6.82. The van der Waals surface area contributed by atoms with Crippen molar-refractivity contribution < 1.29 is 28.7 Å². The van der Waals surface area contributed by atoms with E-state index in [4.69, 9.17) is 16.2 Å². The van der Waals surface area contributed by atoms with Crippen molar-refractivity contribution in [3.8, 4) is 0 Å². The molecule has 1 fully saturated rings. The number of anilines is 1. The number of nitrogens with zero attached hydrogens (tertiary/aromatic N) is 2. The van der Waals surface area contributed by atoms with Gasteiger partial charge in [-0.25, -0.2) is 9.69 Å². The molecule has 12 heteroatoms. The predicted molar refractivity (Wildman–Crippen MR) is 145 cm³/mol. The summed E-state index contributed by atoms with van der Waals surface area (Å²) >= 11 is 0. The number of carbonyl (C=O) groups excluding carboxylic acids is 5. The quantitative estimate of drug-likeness (QED) is 0.184. The summed E-state index contributed by atoms with van der Waals surface area (Å²) in [6.07, 6.45) is 1.97. The molecule has 0 spiro atoms. The molecule has 2 unspecified atom stereocenters. The number of ether oxygens (including phenoxy) is 1. The van der Waals surface area contributed by atoms with Crippen LogP contribution in [0.4, 0.5) is 10.5 Å². The van der Waals surface area contributed by atoms with Gasteiger partial charge >= 0.3 is 12.0 Å². The van der Waals surface area contributed by atoms with E-state index < -0.39 is 36.6 Å². The second-order valence-corrected chi connectivity index (χ2v) is 9.80. The Kier molecular flexibility index (Phi) is 9.46. The van der Waals surface area contributed by atoms with Crippen LogP contribution in [0.25, 0.3) is 0 Å². The summed E-state index contributed by atoms with van der Waals surface area (Å²) in [4.78, 5) is 65.6. The van der Waals surface area contributed by atoms with Crippen LogP contribution in [0.2, 0.25) is 0 Å². The molecule has 0 aromatic heterocycles. The molecule has 212 valence electrons. The summed E-state index contributed by atoms with van der Waals surface area (Å²) in [6, 6.07) is 12.2. The number of unbranched alkanes of at least 4 members (excludes halogenated alkanes) is 1. The van der Waals surface area contributed by atoms with Gasteiger partial charge in [-0.3, -0.25) is 19.2 Å². The number of nitrogens with two attached hydrogens (primary N) is 2. The lowest BCUT2D eigenvalue weighted by Gasteiger charge is -2.35. The Morgan fingerprint density at radius 2 is 1.85 bits per heavy atom. The first-order valence-corrected chi connectivity index (χ1v) is 13.3. The van der Waals surface area contributed by atoms with Crippen molar-refractivity contribution in [2.24, 2.45) is 11.5 Å². The highest BCUT2D eigenvalue weighted by atomic mass is 16.5. The van der Waals surface area contributed by atoms with Crippen molar-refractivity contribution in [2.45, 2.75) is 57.3 Å². The molecule has 2 aliphatic heterocycles. The van der Waals surface area contributed by atoms with Gasteiger partial charge in [0.15, 0.2) is 6.73 Å². The molecule has 2 aliphatic rings. The summed E-state index contributed by atoms with van der Waals surface area (Å²) in [5.41, 5.74) is 13.9. The van der Waals surface area contributed by atoms with E-state index in [1.165, 1.54) is 4.90 Å². The third-order valence-corrected chi connectivity index (χ3v) is 6.95. The van der Waals surface area contributed by atoms with E-state index in [2.05, 4.69) is 10.6 Å². The van der Waals surface area contributed by atoms with Gasteiger partial charge in [0.2, 0.25) is 5.91 Å². The van der Waals surface area contributed by atoms with Crippen molar-refractivity contribution in [1.29, 1.82) is 0 Å². The fourth-order valence-electron chi connectivity index (χ4n) is 4.75. The van der Waals surface area contributed by atoms with E-state index >= 15 is 0 Å². The lowest BCUT2D eigenvalue weighted by atomic mass is 10.0. The number of carbonyl (C=O) groups is 5. The maximum Gasteiger partial charge on any atom is 0.324 e. The fourth-order valence-corrected chi connectivity index (χ4v) is 4.75. The third-order valence-electron chi connectivity index (χ3n) is 6.95. The van der Waals surface area contributed by atoms with Gasteiger partial charge in [-0.05, 0) is 55.1 Å². The van der Waals surface area contributed by atoms with E-state index in [0.717, 1.165) is 22.4 Å². The Hall–Kier alpha value is -4.29. The standard InChI is InChI=1S/C28H34N6O6/c29-13-5-4-8-22(30)27(38)40-17-34-24(35)12-11-23(26(34)37)33-16-19-14-18(9-10-21(19)25(33)36)15-31-28(39)32-20-6-2-1-3-7-20/h1-3,6-7,9-10,14,22-23H,4-5,8,11-13,15-17,29-30H2,(H2,31,32,39). The number of rotatable bonds is 11. The topological polar surface area (TPSA) is 177 Å². The molecule has 0 bridgehead atoms. The Bertz CT molecular complexity index is 1270. The Morgan fingerprint density at radius 3 is 2.60 bits per heavy atom. The van der Waals surface area contributed by atoms with Crippen molar-refractivity contribution >= 4 is 35.4 Å². The zero-order chi connectivity index (χ0) is 28.6. The van der Waals surface area contributed by atoms with Crippen molar-refractivity contribution in [3.63, 3.8) is 0 Å². The smallest absolute Gasteiger partial charge is 0.324 e. The minimum Gasteiger partial charge on any atom is -0.443 e. The SMILES string of the molecule is NCCCCC(N)C(=O)OCN1C(=O)CCC(N2Cc3cc(CNC(=O)Nc4ccccc4)ccc3C2=O)C1=O. The molecule has 0 saturated carbocycles. The molecule has 2 heterocycles. The number of amides is 5. The number of urea groups is 1. The van der Waals surface area contributed by atoms with Crippen LogP contribution in [0.3, 0.4) is 0 Å². The van der Waals surface area contributed by atoms with Gasteiger partial charge in [0, 0.05) is 30.8 Å². The van der Waals surface area contributed by atoms with Crippen LogP contribution in [0, 0.1) is 0 Å². The van der Waals surface area contributed by atoms with Crippen LogP contribution >= 0.6 is 0 Å². The van der Waals surface area contributed by atoms with E-state index in [9.17, 15) is 24.0 Å². The predicted octanol–water partition coefficient (Wildman–Crippen LogP) is 1.44. The van der Waals surface area contributed by atoms with Gasteiger partial charge in [-0.1, -0.05) is 36.8 Å². The number of fused-ring (bicyclic) bond motifs is 1. The molecule has 5 amide bonds. The Morgan fingerprint density at radius 1 is 1.07 bits per heavy atom. The van der Waals surface area contributed by atoms with E-state index in [1.54, 1.807) is 24.3 Å². The lowest BCUT2D eigenvalue weighted by molar-refractivity contribution is -0.164. The number of hydrogen-bond donors (Lipinski definition) is 4. The maximum atomic E-state index is 13.2. The zero-order valence-corrected chi connectivity index (χ0v) is 22.1. The number of esters is 1. The first-order valence-electron chi connectivity index (χ1n) is 13.3. The summed E-state index contributed by atoms with van der Waals surface area (Å²) in [5, 5.41) is 5.53. The van der Waals surface area contributed by atoms with Crippen LogP contribution in [-0.4, -0.2) is 64.9 Å².